The molecular weight excluding hydrogens is 796 g/mol. The first-order chi connectivity index (χ1) is 26.0. The van der Waals surface area contributed by atoms with E-state index in [-0.39, 0.29) is 18.3 Å². The van der Waals surface area contributed by atoms with E-state index < -0.39 is 20.4 Å². The van der Waals surface area contributed by atoms with Crippen molar-refractivity contribution in [3.63, 3.8) is 0 Å². The van der Waals surface area contributed by atoms with E-state index in [4.69, 9.17) is 27.1 Å². The lowest BCUT2D eigenvalue weighted by Crippen LogP contribution is -2.35. The summed E-state index contributed by atoms with van der Waals surface area (Å²) in [4.78, 5) is 10.9. The van der Waals surface area contributed by atoms with Crippen LogP contribution in [0.15, 0.2) is 36.7 Å². The van der Waals surface area contributed by atoms with E-state index in [9.17, 15) is 22.1 Å². The maximum atomic E-state index is 11.1. The molecule has 4 heterocycles. The Balaban J connectivity index is 0.000000245. The van der Waals surface area contributed by atoms with Gasteiger partial charge in [-0.05, 0) is 138 Å². The lowest BCUT2D eigenvalue weighted by Gasteiger charge is -2.26. The minimum absolute atomic E-state index is 0. The molecule has 2 aliphatic rings. The number of nitrogens with two attached hydrogens (primary N) is 2. The average molecular weight is 848 g/mol. The summed E-state index contributed by atoms with van der Waals surface area (Å²) in [6, 6.07) is 12.4. The highest BCUT2D eigenvalue weighted by Crippen LogP contribution is 2.33. The molecule has 2 fully saturated rings. The fraction of sp³-hybridized carbons (Fsp3) is 0.474. The highest BCUT2D eigenvalue weighted by atomic mass is 35.5. The second-order valence-electron chi connectivity index (χ2n) is 14.3. The van der Waals surface area contributed by atoms with Gasteiger partial charge in [0.15, 0.2) is 0 Å². The van der Waals surface area contributed by atoms with Crippen LogP contribution in [0.2, 0.25) is 5.02 Å². The molecule has 0 aliphatic carbocycles. The summed E-state index contributed by atoms with van der Waals surface area (Å²) in [5.74, 6) is 0.657. The van der Waals surface area contributed by atoms with Gasteiger partial charge in [-0.2, -0.15) is 27.4 Å². The van der Waals surface area contributed by atoms with E-state index in [0.29, 0.717) is 35.2 Å². The van der Waals surface area contributed by atoms with Crippen LogP contribution in [-0.2, 0) is 20.4 Å². The Morgan fingerprint density at radius 3 is 1.82 bits per heavy atom. The van der Waals surface area contributed by atoms with E-state index in [0.717, 1.165) is 97.8 Å². The Bertz CT molecular complexity index is 2290. The third-order valence-corrected chi connectivity index (χ3v) is 11.7. The van der Waals surface area contributed by atoms with Crippen LogP contribution in [0.3, 0.4) is 0 Å². The summed E-state index contributed by atoms with van der Waals surface area (Å²) >= 11 is 6.10. The number of pyridine rings is 2. The van der Waals surface area contributed by atoms with Crippen LogP contribution < -0.4 is 29.9 Å². The Kier molecular flexibility index (Phi) is 17.7. The molecule has 2 aromatic heterocycles. The van der Waals surface area contributed by atoms with Crippen molar-refractivity contribution in [3.8, 4) is 12.1 Å². The van der Waals surface area contributed by atoms with Gasteiger partial charge in [-0.3, -0.25) is 9.97 Å². The summed E-state index contributed by atoms with van der Waals surface area (Å²) in [5, 5.41) is 33.9. The molecule has 14 nitrogen and oxygen atoms in total. The molecule has 0 bridgehead atoms. The maximum Gasteiger partial charge on any atom is 0.274 e. The maximum absolute atomic E-state index is 11.1. The lowest BCUT2D eigenvalue weighted by molar-refractivity contribution is 0.462. The van der Waals surface area contributed by atoms with Gasteiger partial charge in [0.25, 0.3) is 20.4 Å². The molecule has 2 unspecified atom stereocenters. The minimum atomic E-state index is -3.66. The molecule has 6 rings (SSSR count). The lowest BCUT2D eigenvalue weighted by atomic mass is 10.0. The number of anilines is 1. The number of hydrogen-bond donors (Lipinski definition) is 5. The van der Waals surface area contributed by atoms with Crippen LogP contribution in [-0.4, -0.2) is 66.1 Å². The van der Waals surface area contributed by atoms with Crippen LogP contribution in [0.5, 0.6) is 0 Å². The molecule has 18 heteroatoms. The first-order valence-corrected chi connectivity index (χ1v) is 21.7. The van der Waals surface area contributed by atoms with Crippen LogP contribution in [0, 0.1) is 62.2 Å². The Morgan fingerprint density at radius 1 is 0.750 bits per heavy atom. The number of rotatable bonds is 7. The van der Waals surface area contributed by atoms with Crippen molar-refractivity contribution in [1.29, 1.82) is 10.5 Å². The van der Waals surface area contributed by atoms with E-state index >= 15 is 0 Å². The number of nitrogens with zero attached hydrogens (tertiary/aromatic N) is 5. The zero-order chi connectivity index (χ0) is 40.3. The van der Waals surface area contributed by atoms with Crippen molar-refractivity contribution in [3.05, 3.63) is 75.1 Å². The second-order valence-corrected chi connectivity index (χ2v) is 17.4. The molecule has 56 heavy (non-hydrogen) atoms. The molecule has 2 saturated heterocycles. The topological polar surface area (TPSA) is 233 Å². The molecule has 4 aromatic rings. The third-order valence-electron chi connectivity index (χ3n) is 10.1. The van der Waals surface area contributed by atoms with Crippen molar-refractivity contribution in [2.45, 2.75) is 66.2 Å². The van der Waals surface area contributed by atoms with Crippen LogP contribution >= 0.6 is 24.0 Å². The van der Waals surface area contributed by atoms with Gasteiger partial charge >= 0.3 is 0 Å². The standard InChI is InChI=1S/C19H25N5O2S.C12H9ClN2.C7H17N3O2S.ClH/c1-13-8-17-18(9-14(13)2)22-12-16(10-20)19(17)24-6-3-4-15(5-7-24)11-23-27(21,25)26;1-7-3-10-11(4-8(7)2)15-6-9(5-14)12(10)13;8-13(11,12)10-6-7-2-1-4-9-5-3-7;/h8-9,12,15,23H,3-7,11H2,1-2H3,(H2,21,25,26);3-4,6H,1-2H3;7,9-10H,1-6H2,(H2,8,11,12);1H. The number of aryl methyl sites for hydroxylation is 4. The molecule has 0 radical (unpaired) electrons. The van der Waals surface area contributed by atoms with Crippen LogP contribution in [0.25, 0.3) is 21.8 Å². The first kappa shape index (κ1) is 46.7. The zero-order valence-corrected chi connectivity index (χ0v) is 35.4. The van der Waals surface area contributed by atoms with E-state index in [1.54, 1.807) is 6.20 Å². The number of aromatic nitrogens is 2. The fourth-order valence-electron chi connectivity index (χ4n) is 6.71. The fourth-order valence-corrected chi connectivity index (χ4v) is 7.89. The van der Waals surface area contributed by atoms with Crippen LogP contribution in [0.1, 0.15) is 71.9 Å². The number of nitriles is 2. The number of halogens is 2. The summed E-state index contributed by atoms with van der Waals surface area (Å²) in [7, 11) is -7.17. The van der Waals surface area contributed by atoms with E-state index in [2.05, 4.69) is 61.7 Å². The molecule has 0 amide bonds. The summed E-state index contributed by atoms with van der Waals surface area (Å²) in [5.41, 5.74) is 8.34. The van der Waals surface area contributed by atoms with Gasteiger partial charge in [-0.1, -0.05) is 11.6 Å². The van der Waals surface area contributed by atoms with Crippen molar-refractivity contribution in [2.75, 3.05) is 44.2 Å². The predicted octanol–water partition coefficient (Wildman–Crippen LogP) is 5.09. The molecule has 2 atom stereocenters. The average Bonchev–Trinajstić information content (AvgIpc) is 3.54. The Labute approximate surface area is 342 Å². The van der Waals surface area contributed by atoms with Gasteiger partial charge < -0.3 is 10.2 Å². The molecule has 2 aromatic carbocycles. The van der Waals surface area contributed by atoms with Gasteiger partial charge in [0.2, 0.25) is 0 Å². The number of hydrogen-bond acceptors (Lipinski definition) is 10. The van der Waals surface area contributed by atoms with Crippen molar-refractivity contribution >= 4 is 71.9 Å². The van der Waals surface area contributed by atoms with E-state index in [1.807, 2.05) is 32.0 Å². The molecule has 2 aliphatic heterocycles. The highest BCUT2D eigenvalue weighted by molar-refractivity contribution is 7.87. The van der Waals surface area contributed by atoms with Gasteiger partial charge in [-0.25, -0.2) is 19.7 Å². The SMILES string of the molecule is Cc1cc2ncc(C#N)c(Cl)c2cc1C.Cc1cc2ncc(C#N)c(N3CCCC(CNS(N)(=O)=O)CC3)c2cc1C.Cl.NS(=O)(=O)NCC1CCCNCC1. The molecule has 0 spiro atoms. The molecule has 7 N–H and O–H groups in total. The van der Waals surface area contributed by atoms with Crippen molar-refractivity contribution in [1.82, 2.24) is 24.7 Å². The highest BCUT2D eigenvalue weighted by Gasteiger charge is 2.22. The largest absolute Gasteiger partial charge is 0.370 e. The van der Waals surface area contributed by atoms with Crippen molar-refractivity contribution < 1.29 is 16.8 Å². The van der Waals surface area contributed by atoms with Gasteiger partial charge in [-0.15, -0.1) is 12.4 Å². The third kappa shape index (κ3) is 13.8. The minimum Gasteiger partial charge on any atom is -0.370 e. The summed E-state index contributed by atoms with van der Waals surface area (Å²) < 4.78 is 48.3. The normalized spacial score (nSPS) is 17.5. The predicted molar refractivity (Wildman–Crippen MR) is 226 cm³/mol. The zero-order valence-electron chi connectivity index (χ0n) is 32.2. The monoisotopic (exact) mass is 846 g/mol. The Morgan fingerprint density at radius 2 is 1.25 bits per heavy atom. The Hall–Kier alpha value is -3.68. The van der Waals surface area contributed by atoms with Gasteiger partial charge in [0.1, 0.15) is 12.1 Å². The van der Waals surface area contributed by atoms with E-state index in [1.165, 1.54) is 22.9 Å². The van der Waals surface area contributed by atoms with Crippen LogP contribution in [0.4, 0.5) is 5.69 Å². The molecule has 0 saturated carbocycles. The first-order valence-electron chi connectivity index (χ1n) is 18.3. The number of fused-ring (bicyclic) bond motifs is 2. The quantitative estimate of drug-likeness (QED) is 0.165. The summed E-state index contributed by atoms with van der Waals surface area (Å²) in [6.07, 6.45) is 9.03. The van der Waals surface area contributed by atoms with Gasteiger partial charge in [0, 0.05) is 49.3 Å². The molecule has 304 valence electrons. The summed E-state index contributed by atoms with van der Waals surface area (Å²) in [6.45, 7) is 12.6. The van der Waals surface area contributed by atoms with Gasteiger partial charge in [0.05, 0.1) is 32.9 Å². The number of benzene rings is 2. The molecular formula is C38H52Cl2N10O4S2. The number of nitrogens with one attached hydrogen (secondary N) is 3. The van der Waals surface area contributed by atoms with Crippen molar-refractivity contribution in [2.24, 2.45) is 22.1 Å². The smallest absolute Gasteiger partial charge is 0.274 e. The second kappa shape index (κ2) is 21.2.